The van der Waals surface area contributed by atoms with Crippen molar-refractivity contribution >= 4 is 23.5 Å². The number of hydrogen-bond donors (Lipinski definition) is 0. The highest BCUT2D eigenvalue weighted by molar-refractivity contribution is 6.29. The van der Waals surface area contributed by atoms with Crippen LogP contribution in [0.2, 0.25) is 5.15 Å². The van der Waals surface area contributed by atoms with Crippen LogP contribution in [0.5, 0.6) is 0 Å². The van der Waals surface area contributed by atoms with Gasteiger partial charge in [-0.25, -0.2) is 14.6 Å². The van der Waals surface area contributed by atoms with Gasteiger partial charge in [0.1, 0.15) is 11.8 Å². The van der Waals surface area contributed by atoms with Crippen molar-refractivity contribution in [2.45, 2.75) is 25.6 Å². The Kier molecular flexibility index (Phi) is 4.05. The van der Waals surface area contributed by atoms with Gasteiger partial charge in [0.15, 0.2) is 0 Å². The smallest absolute Gasteiger partial charge is 0.351 e. The molecule has 0 fully saturated rings. The lowest BCUT2D eigenvalue weighted by Crippen LogP contribution is -2.46. The number of pyridine rings is 1. The highest BCUT2D eigenvalue weighted by Crippen LogP contribution is 2.29. The zero-order valence-corrected chi connectivity index (χ0v) is 13.2. The Morgan fingerprint density at radius 2 is 2.13 bits per heavy atom. The van der Waals surface area contributed by atoms with E-state index >= 15 is 0 Å². The molecule has 0 radical (unpaired) electrons. The standard InChI is InChI=1S/C17H14ClNO4/c1-17(8-12-4-2-3-5-13(12)15(20)23-17)16(21)22-10-11-6-7-14(18)19-9-11/h2-7,9H,8,10H2,1H3. The van der Waals surface area contributed by atoms with Crippen molar-refractivity contribution < 1.29 is 19.1 Å². The third kappa shape index (κ3) is 3.19. The number of benzene rings is 1. The van der Waals surface area contributed by atoms with Crippen LogP contribution in [0.3, 0.4) is 0 Å². The van der Waals surface area contributed by atoms with Crippen molar-refractivity contribution in [2.24, 2.45) is 0 Å². The molecule has 23 heavy (non-hydrogen) atoms. The van der Waals surface area contributed by atoms with Crippen LogP contribution in [0.4, 0.5) is 0 Å². The molecule has 6 heteroatoms. The number of hydrogen-bond acceptors (Lipinski definition) is 5. The maximum absolute atomic E-state index is 12.4. The quantitative estimate of drug-likeness (QED) is 0.639. The molecule has 0 bridgehead atoms. The average molecular weight is 332 g/mol. The lowest BCUT2D eigenvalue weighted by atomic mass is 9.90. The highest BCUT2D eigenvalue weighted by atomic mass is 35.5. The Morgan fingerprint density at radius 3 is 2.87 bits per heavy atom. The average Bonchev–Trinajstić information content (AvgIpc) is 2.54. The summed E-state index contributed by atoms with van der Waals surface area (Å²) in [7, 11) is 0. The molecule has 2 aromatic rings. The van der Waals surface area contributed by atoms with E-state index in [1.165, 1.54) is 6.20 Å². The molecule has 3 rings (SSSR count). The van der Waals surface area contributed by atoms with Crippen molar-refractivity contribution in [1.29, 1.82) is 0 Å². The van der Waals surface area contributed by atoms with E-state index in [4.69, 9.17) is 21.1 Å². The van der Waals surface area contributed by atoms with Crippen LogP contribution in [0, 0.1) is 0 Å². The number of rotatable bonds is 3. The minimum Gasteiger partial charge on any atom is -0.458 e. The topological polar surface area (TPSA) is 65.5 Å². The number of carbonyl (C=O) groups excluding carboxylic acids is 2. The molecule has 5 nitrogen and oxygen atoms in total. The van der Waals surface area contributed by atoms with E-state index in [-0.39, 0.29) is 13.0 Å². The SMILES string of the molecule is CC1(C(=O)OCc2ccc(Cl)nc2)Cc2ccccc2C(=O)O1. The van der Waals surface area contributed by atoms with Gasteiger partial charge in [0.25, 0.3) is 0 Å². The van der Waals surface area contributed by atoms with Crippen molar-refractivity contribution in [3.05, 3.63) is 64.4 Å². The van der Waals surface area contributed by atoms with Crippen LogP contribution < -0.4 is 0 Å². The summed E-state index contributed by atoms with van der Waals surface area (Å²) in [5.74, 6) is -1.10. The number of ether oxygens (including phenoxy) is 2. The molecule has 2 heterocycles. The van der Waals surface area contributed by atoms with E-state index in [9.17, 15) is 9.59 Å². The van der Waals surface area contributed by atoms with Crippen LogP contribution in [0.15, 0.2) is 42.6 Å². The van der Waals surface area contributed by atoms with Gasteiger partial charge >= 0.3 is 11.9 Å². The van der Waals surface area contributed by atoms with Crippen molar-refractivity contribution in [2.75, 3.05) is 0 Å². The summed E-state index contributed by atoms with van der Waals surface area (Å²) < 4.78 is 10.6. The Balaban J connectivity index is 1.72. The molecular weight excluding hydrogens is 318 g/mol. The fourth-order valence-corrected chi connectivity index (χ4v) is 2.55. The summed E-state index contributed by atoms with van der Waals surface area (Å²) in [4.78, 5) is 28.3. The number of halogens is 1. The van der Waals surface area contributed by atoms with Crippen LogP contribution in [0.25, 0.3) is 0 Å². The first kappa shape index (κ1) is 15.5. The molecule has 0 N–H and O–H groups in total. The van der Waals surface area contributed by atoms with Gasteiger partial charge in [0.05, 0.1) is 5.56 Å². The zero-order chi connectivity index (χ0) is 16.4. The van der Waals surface area contributed by atoms with Crippen LogP contribution in [-0.4, -0.2) is 22.5 Å². The summed E-state index contributed by atoms with van der Waals surface area (Å²) >= 11 is 5.71. The van der Waals surface area contributed by atoms with Crippen molar-refractivity contribution in [1.82, 2.24) is 4.98 Å². The molecule has 0 amide bonds. The molecule has 0 spiro atoms. The summed E-state index contributed by atoms with van der Waals surface area (Å²) in [6, 6.07) is 10.4. The molecule has 0 saturated carbocycles. The third-order valence-electron chi connectivity index (χ3n) is 3.67. The second-order valence-corrected chi connectivity index (χ2v) is 5.91. The number of cyclic esters (lactones) is 1. The number of esters is 2. The predicted octanol–water partition coefficient (Wildman–Crippen LogP) is 2.95. The first-order valence-corrected chi connectivity index (χ1v) is 7.45. The fraction of sp³-hybridized carbons (Fsp3) is 0.235. The minimum absolute atomic E-state index is 0.0395. The predicted molar refractivity (Wildman–Crippen MR) is 83.0 cm³/mol. The molecule has 1 aromatic heterocycles. The molecule has 1 aromatic carbocycles. The summed E-state index contributed by atoms with van der Waals surface area (Å²) in [5, 5.41) is 0.366. The van der Waals surface area contributed by atoms with Gasteiger partial charge in [-0.2, -0.15) is 0 Å². The summed E-state index contributed by atoms with van der Waals surface area (Å²) in [6.45, 7) is 1.60. The van der Waals surface area contributed by atoms with Gasteiger partial charge in [-0.1, -0.05) is 35.9 Å². The van der Waals surface area contributed by atoms with Gasteiger partial charge in [-0.15, -0.1) is 0 Å². The Bertz CT molecular complexity index is 759. The van der Waals surface area contributed by atoms with Crippen molar-refractivity contribution in [3.63, 3.8) is 0 Å². The minimum atomic E-state index is -1.33. The van der Waals surface area contributed by atoms with Gasteiger partial charge < -0.3 is 9.47 Å². The maximum atomic E-state index is 12.4. The monoisotopic (exact) mass is 331 g/mol. The Hall–Kier alpha value is -2.40. The largest absolute Gasteiger partial charge is 0.458 e. The maximum Gasteiger partial charge on any atom is 0.351 e. The van der Waals surface area contributed by atoms with Crippen LogP contribution >= 0.6 is 11.6 Å². The number of aromatic nitrogens is 1. The number of fused-ring (bicyclic) bond motifs is 1. The van der Waals surface area contributed by atoms with E-state index in [1.807, 2.05) is 12.1 Å². The lowest BCUT2D eigenvalue weighted by molar-refractivity contribution is -0.166. The molecule has 0 aliphatic carbocycles. The summed E-state index contributed by atoms with van der Waals surface area (Å²) in [5.41, 5.74) is 0.635. The first-order chi connectivity index (χ1) is 11.0. The number of nitrogens with zero attached hydrogens (tertiary/aromatic N) is 1. The van der Waals surface area contributed by atoms with Gasteiger partial charge in [-0.05, 0) is 24.6 Å². The van der Waals surface area contributed by atoms with E-state index < -0.39 is 17.5 Å². The molecule has 1 unspecified atom stereocenters. The normalized spacial score (nSPS) is 19.7. The molecule has 1 aliphatic rings. The van der Waals surface area contributed by atoms with Crippen LogP contribution in [-0.2, 0) is 27.3 Å². The van der Waals surface area contributed by atoms with E-state index in [2.05, 4.69) is 4.98 Å². The molecular formula is C17H14ClNO4. The second-order valence-electron chi connectivity index (χ2n) is 5.52. The lowest BCUT2D eigenvalue weighted by Gasteiger charge is -2.32. The summed E-state index contributed by atoms with van der Waals surface area (Å²) in [6.07, 6.45) is 1.81. The molecule has 1 aliphatic heterocycles. The highest BCUT2D eigenvalue weighted by Gasteiger charge is 2.44. The van der Waals surface area contributed by atoms with E-state index in [0.29, 0.717) is 16.3 Å². The van der Waals surface area contributed by atoms with Crippen LogP contribution in [0.1, 0.15) is 28.4 Å². The molecule has 118 valence electrons. The molecule has 1 atom stereocenters. The second kappa shape index (κ2) is 6.01. The molecule has 0 saturated heterocycles. The van der Waals surface area contributed by atoms with E-state index in [0.717, 1.165) is 5.56 Å². The van der Waals surface area contributed by atoms with Gasteiger partial charge in [-0.3, -0.25) is 0 Å². The third-order valence-corrected chi connectivity index (χ3v) is 3.90. The van der Waals surface area contributed by atoms with Gasteiger partial charge in [0.2, 0.25) is 5.60 Å². The van der Waals surface area contributed by atoms with E-state index in [1.54, 1.807) is 31.2 Å². The van der Waals surface area contributed by atoms with Gasteiger partial charge in [0, 0.05) is 18.2 Å². The Morgan fingerprint density at radius 1 is 1.35 bits per heavy atom. The number of carbonyl (C=O) groups is 2. The van der Waals surface area contributed by atoms with Crippen molar-refractivity contribution in [3.8, 4) is 0 Å². The zero-order valence-electron chi connectivity index (χ0n) is 12.4. The first-order valence-electron chi connectivity index (χ1n) is 7.07. The fourth-order valence-electron chi connectivity index (χ4n) is 2.44. The Labute approximate surface area is 138 Å².